The minimum atomic E-state index is -2.86. The van der Waals surface area contributed by atoms with Crippen LogP contribution in [0.5, 0.6) is 5.75 Å². The van der Waals surface area contributed by atoms with Gasteiger partial charge in [0.1, 0.15) is 11.6 Å². The van der Waals surface area contributed by atoms with Crippen LogP contribution < -0.4 is 25.2 Å². The molecule has 0 saturated carbocycles. The summed E-state index contributed by atoms with van der Waals surface area (Å²) in [6, 6.07) is 12.0. The Labute approximate surface area is 203 Å². The van der Waals surface area contributed by atoms with Gasteiger partial charge in [-0.05, 0) is 36.2 Å². The molecule has 32 heavy (non-hydrogen) atoms. The molecule has 3 rings (SSSR count). The molecule has 0 radical (unpaired) electrons. The van der Waals surface area contributed by atoms with Crippen molar-refractivity contribution in [2.24, 2.45) is 4.99 Å². The highest BCUT2D eigenvalue weighted by Gasteiger charge is 2.26. The first-order valence-electron chi connectivity index (χ1n) is 10.1. The molecule has 1 saturated heterocycles. The van der Waals surface area contributed by atoms with Crippen molar-refractivity contribution < 1.29 is 17.9 Å². The standard InChI is InChI=1S/C22H28F3N5O.HI/c1-26-22(27-13-15-8-9-18(29(2)3)17(23)12-15)28-16-10-11-30(14-16)19-6-4-5-7-20(19)31-21(24)25;/h4-9,12,16,21H,10-11,13-14H2,1-3H3,(H2,26,27,28);1H. The molecule has 1 unspecified atom stereocenters. The van der Waals surface area contributed by atoms with Gasteiger partial charge in [-0.3, -0.25) is 4.99 Å². The number of ether oxygens (including phenoxy) is 1. The quantitative estimate of drug-likeness (QED) is 0.303. The van der Waals surface area contributed by atoms with Crippen molar-refractivity contribution in [3.05, 3.63) is 53.8 Å². The van der Waals surface area contributed by atoms with Gasteiger partial charge in [-0.25, -0.2) is 4.39 Å². The van der Waals surface area contributed by atoms with Crippen molar-refractivity contribution in [3.63, 3.8) is 0 Å². The van der Waals surface area contributed by atoms with E-state index in [1.165, 1.54) is 6.07 Å². The van der Waals surface area contributed by atoms with E-state index >= 15 is 0 Å². The van der Waals surface area contributed by atoms with E-state index in [0.29, 0.717) is 37.0 Å². The number of anilines is 2. The fourth-order valence-corrected chi connectivity index (χ4v) is 3.61. The number of aliphatic imine (C=N–C) groups is 1. The molecule has 1 fully saturated rings. The zero-order valence-corrected chi connectivity index (χ0v) is 20.6. The van der Waals surface area contributed by atoms with E-state index in [2.05, 4.69) is 20.4 Å². The van der Waals surface area contributed by atoms with Crippen molar-refractivity contribution >= 4 is 41.3 Å². The van der Waals surface area contributed by atoms with Crippen LogP contribution >= 0.6 is 24.0 Å². The summed E-state index contributed by atoms with van der Waals surface area (Å²) in [6.07, 6.45) is 0.815. The van der Waals surface area contributed by atoms with E-state index in [0.717, 1.165) is 12.0 Å². The fourth-order valence-electron chi connectivity index (χ4n) is 3.61. The lowest BCUT2D eigenvalue weighted by molar-refractivity contribution is -0.0495. The number of para-hydroxylation sites is 2. The van der Waals surface area contributed by atoms with Gasteiger partial charge in [0.05, 0.1) is 11.4 Å². The summed E-state index contributed by atoms with van der Waals surface area (Å²) in [5.74, 6) is 0.494. The lowest BCUT2D eigenvalue weighted by Gasteiger charge is -2.22. The molecular weight excluding hydrogens is 534 g/mol. The Bertz CT molecular complexity index is 913. The van der Waals surface area contributed by atoms with E-state index in [1.54, 1.807) is 56.4 Å². The van der Waals surface area contributed by atoms with Crippen LogP contribution in [-0.4, -0.2) is 52.8 Å². The smallest absolute Gasteiger partial charge is 0.387 e. The predicted octanol–water partition coefficient (Wildman–Crippen LogP) is 4.06. The van der Waals surface area contributed by atoms with Gasteiger partial charge in [-0.15, -0.1) is 24.0 Å². The second-order valence-corrected chi connectivity index (χ2v) is 7.53. The van der Waals surface area contributed by atoms with Crippen LogP contribution in [0.2, 0.25) is 0 Å². The summed E-state index contributed by atoms with van der Waals surface area (Å²) < 4.78 is 44.2. The molecule has 176 valence electrons. The number of nitrogens with one attached hydrogen (secondary N) is 2. The van der Waals surface area contributed by atoms with E-state index in [4.69, 9.17) is 0 Å². The Morgan fingerprint density at radius 1 is 1.25 bits per heavy atom. The largest absolute Gasteiger partial charge is 0.433 e. The molecule has 2 aromatic rings. The third-order valence-electron chi connectivity index (χ3n) is 5.13. The van der Waals surface area contributed by atoms with Crippen LogP contribution in [0.4, 0.5) is 24.5 Å². The molecule has 1 atom stereocenters. The van der Waals surface area contributed by atoms with Crippen molar-refractivity contribution in [1.29, 1.82) is 0 Å². The van der Waals surface area contributed by atoms with Crippen LogP contribution in [0.1, 0.15) is 12.0 Å². The highest BCUT2D eigenvalue weighted by molar-refractivity contribution is 14.0. The second kappa shape index (κ2) is 12.0. The van der Waals surface area contributed by atoms with Crippen LogP contribution in [0.25, 0.3) is 0 Å². The zero-order valence-electron chi connectivity index (χ0n) is 18.3. The van der Waals surface area contributed by atoms with Gasteiger partial charge in [0.2, 0.25) is 0 Å². The van der Waals surface area contributed by atoms with E-state index in [1.807, 2.05) is 11.0 Å². The Morgan fingerprint density at radius 2 is 2.00 bits per heavy atom. The van der Waals surface area contributed by atoms with Crippen LogP contribution in [0, 0.1) is 5.82 Å². The van der Waals surface area contributed by atoms with Gasteiger partial charge in [0, 0.05) is 46.8 Å². The maximum atomic E-state index is 14.2. The maximum Gasteiger partial charge on any atom is 0.387 e. The first-order valence-corrected chi connectivity index (χ1v) is 10.1. The summed E-state index contributed by atoms with van der Waals surface area (Å²) in [7, 11) is 5.26. The van der Waals surface area contributed by atoms with Crippen molar-refractivity contribution in [3.8, 4) is 5.75 Å². The summed E-state index contributed by atoms with van der Waals surface area (Å²) in [5.41, 5.74) is 1.98. The van der Waals surface area contributed by atoms with Gasteiger partial charge in [0.25, 0.3) is 0 Å². The first-order chi connectivity index (χ1) is 14.9. The van der Waals surface area contributed by atoms with Gasteiger partial charge in [-0.1, -0.05) is 18.2 Å². The van der Waals surface area contributed by atoms with Crippen molar-refractivity contribution in [2.45, 2.75) is 25.6 Å². The summed E-state index contributed by atoms with van der Waals surface area (Å²) in [5, 5.41) is 6.54. The molecule has 1 aliphatic rings. The second-order valence-electron chi connectivity index (χ2n) is 7.53. The van der Waals surface area contributed by atoms with Crippen molar-refractivity contribution in [1.82, 2.24) is 10.6 Å². The highest BCUT2D eigenvalue weighted by atomic mass is 127. The average molecular weight is 563 g/mol. The molecule has 2 aromatic carbocycles. The first kappa shape index (κ1) is 25.9. The normalized spacial score (nSPS) is 16.0. The number of nitrogens with zero attached hydrogens (tertiary/aromatic N) is 3. The third-order valence-corrected chi connectivity index (χ3v) is 5.13. The van der Waals surface area contributed by atoms with Gasteiger partial charge >= 0.3 is 6.61 Å². The Balaban J connectivity index is 0.00000363. The van der Waals surface area contributed by atoms with Gasteiger partial charge < -0.3 is 25.2 Å². The molecule has 10 heteroatoms. The van der Waals surface area contributed by atoms with E-state index < -0.39 is 6.61 Å². The lowest BCUT2D eigenvalue weighted by Crippen LogP contribution is -2.44. The highest BCUT2D eigenvalue weighted by Crippen LogP contribution is 2.31. The molecule has 1 heterocycles. The van der Waals surface area contributed by atoms with Crippen LogP contribution in [0.15, 0.2) is 47.5 Å². The summed E-state index contributed by atoms with van der Waals surface area (Å²) in [6.45, 7) is -1.12. The average Bonchev–Trinajstić information content (AvgIpc) is 3.19. The minimum Gasteiger partial charge on any atom is -0.433 e. The van der Waals surface area contributed by atoms with Gasteiger partial charge in [0.15, 0.2) is 5.96 Å². The van der Waals surface area contributed by atoms with Crippen LogP contribution in [0.3, 0.4) is 0 Å². The molecule has 1 aliphatic heterocycles. The third kappa shape index (κ3) is 6.81. The predicted molar refractivity (Wildman–Crippen MR) is 133 cm³/mol. The number of alkyl halides is 2. The summed E-state index contributed by atoms with van der Waals surface area (Å²) in [4.78, 5) is 7.98. The number of guanidine groups is 1. The lowest BCUT2D eigenvalue weighted by atomic mass is 10.2. The fraction of sp³-hybridized carbons (Fsp3) is 0.409. The Kier molecular flexibility index (Phi) is 9.73. The molecule has 0 aromatic heterocycles. The van der Waals surface area contributed by atoms with E-state index in [9.17, 15) is 13.2 Å². The number of hydrogen-bond acceptors (Lipinski definition) is 4. The topological polar surface area (TPSA) is 52.1 Å². The molecule has 2 N–H and O–H groups in total. The SMILES string of the molecule is CN=C(NCc1ccc(N(C)C)c(F)c1)NC1CCN(c2ccccc2OC(F)F)C1.I. The summed E-state index contributed by atoms with van der Waals surface area (Å²) >= 11 is 0. The number of hydrogen-bond donors (Lipinski definition) is 2. The minimum absolute atomic E-state index is 0. The molecule has 0 amide bonds. The molecule has 0 spiro atoms. The number of halogens is 4. The Hall–Kier alpha value is -2.37. The Morgan fingerprint density at radius 3 is 2.66 bits per heavy atom. The molecular formula is C22H29F3IN5O. The maximum absolute atomic E-state index is 14.2. The molecule has 6 nitrogen and oxygen atoms in total. The molecule has 0 aliphatic carbocycles. The molecule has 0 bridgehead atoms. The van der Waals surface area contributed by atoms with E-state index in [-0.39, 0.29) is 41.6 Å². The zero-order chi connectivity index (χ0) is 22.4. The van der Waals surface area contributed by atoms with Crippen molar-refractivity contribution in [2.75, 3.05) is 44.0 Å². The number of rotatable bonds is 7. The monoisotopic (exact) mass is 563 g/mol. The number of benzene rings is 2. The van der Waals surface area contributed by atoms with Gasteiger partial charge in [-0.2, -0.15) is 8.78 Å². The van der Waals surface area contributed by atoms with Crippen LogP contribution in [-0.2, 0) is 6.54 Å².